The zero-order valence-corrected chi connectivity index (χ0v) is 30.4. The van der Waals surface area contributed by atoms with Gasteiger partial charge in [0.25, 0.3) is 5.91 Å². The summed E-state index contributed by atoms with van der Waals surface area (Å²) in [5.74, 6) is -7.65. The number of aliphatic carboxylic acids is 2. The van der Waals surface area contributed by atoms with Gasteiger partial charge in [0.2, 0.25) is 11.7 Å². The van der Waals surface area contributed by atoms with Crippen LogP contribution >= 0.6 is 0 Å². The number of hydrogen-bond donors (Lipinski definition) is 3. The highest BCUT2D eigenvalue weighted by Crippen LogP contribution is 2.39. The maximum absolute atomic E-state index is 13.6. The summed E-state index contributed by atoms with van der Waals surface area (Å²) >= 11 is 0. The van der Waals surface area contributed by atoms with Crippen LogP contribution in [0.3, 0.4) is 0 Å². The highest BCUT2D eigenvalue weighted by atomic mass is 19.4. The van der Waals surface area contributed by atoms with E-state index < -0.39 is 47.7 Å². The number of fused-ring (bicyclic) bond motifs is 1. The Balaban J connectivity index is 0.000000407. The van der Waals surface area contributed by atoms with Crippen LogP contribution in [0.1, 0.15) is 61.3 Å². The topological polar surface area (TPSA) is 216 Å². The number of likely N-dealkylation sites (tertiary alicyclic amines) is 2. The average molecular weight is 849 g/mol. The molecule has 3 fully saturated rings. The molecular formula is C34H33F9N10O6. The molecule has 0 spiro atoms. The first kappa shape index (κ1) is 44.1. The number of hydrogen-bond acceptors (Lipinski definition) is 11. The van der Waals surface area contributed by atoms with Gasteiger partial charge in [-0.25, -0.2) is 24.5 Å². The summed E-state index contributed by atoms with van der Waals surface area (Å²) < 4.78 is 112. The lowest BCUT2D eigenvalue weighted by Crippen LogP contribution is -2.65. The predicted octanol–water partition coefficient (Wildman–Crippen LogP) is 5.45. The predicted molar refractivity (Wildman–Crippen MR) is 181 cm³/mol. The number of nitrogens with zero attached hydrogens (tertiary/aromatic N) is 9. The van der Waals surface area contributed by atoms with Crippen LogP contribution in [0, 0.1) is 11.3 Å². The SMILES string of the molecule is N#CCC1(n2cc(-c3ncnc4[nH]ccc34)cn2)CN(C2CCC(Oc3cc(C(=O)N4CCCC4)nc(C(F)(F)F)n3)CC2)C1.O=C(O)C(F)(F)F.O=C(O)C(F)(F)F. The van der Waals surface area contributed by atoms with Crippen molar-refractivity contribution in [3.63, 3.8) is 0 Å². The van der Waals surface area contributed by atoms with Gasteiger partial charge in [-0.05, 0) is 44.6 Å². The Hall–Kier alpha value is -6.06. The Morgan fingerprint density at radius 1 is 0.932 bits per heavy atom. The summed E-state index contributed by atoms with van der Waals surface area (Å²) in [6, 6.07) is 5.73. The third kappa shape index (κ3) is 10.7. The van der Waals surface area contributed by atoms with Crippen molar-refractivity contribution in [2.75, 3.05) is 26.2 Å². The summed E-state index contributed by atoms with van der Waals surface area (Å²) in [7, 11) is 0. The molecule has 0 aromatic carbocycles. The second-order valence-corrected chi connectivity index (χ2v) is 13.7. The third-order valence-corrected chi connectivity index (χ3v) is 9.60. The van der Waals surface area contributed by atoms with E-state index >= 15 is 0 Å². The van der Waals surface area contributed by atoms with Gasteiger partial charge in [0.15, 0.2) is 0 Å². The number of alkyl halides is 9. The fourth-order valence-electron chi connectivity index (χ4n) is 6.76. The van der Waals surface area contributed by atoms with Crippen LogP contribution in [-0.2, 0) is 21.3 Å². The molecule has 16 nitrogen and oxygen atoms in total. The summed E-state index contributed by atoms with van der Waals surface area (Å²) in [6.45, 7) is 2.31. The molecule has 1 saturated carbocycles. The van der Waals surface area contributed by atoms with E-state index in [-0.39, 0.29) is 23.7 Å². The van der Waals surface area contributed by atoms with E-state index in [2.05, 4.69) is 41.0 Å². The molecule has 3 aliphatic rings. The maximum atomic E-state index is 13.6. The van der Waals surface area contributed by atoms with Crippen molar-refractivity contribution in [1.29, 1.82) is 5.26 Å². The van der Waals surface area contributed by atoms with Gasteiger partial charge in [0, 0.05) is 61.6 Å². The standard InChI is InChI=1S/C30H31F3N10O2.2C2HF3O2/c31-30(32,33)28-39-23(27(44)41-11-1-2-12-41)13-24(40-28)45-21-5-3-20(4-6-21)42-16-29(17-42,8-9-34)43-15-19(14-38-43)25-22-7-10-35-26(22)37-18-36-25;2*3-2(4,5)1(6)7/h7,10,13-15,18,20-21H,1-6,8,11-12,16-17H2,(H,35,36,37);2*(H,6,7). The van der Waals surface area contributed by atoms with E-state index in [1.807, 2.05) is 23.1 Å². The zero-order chi connectivity index (χ0) is 43.3. The van der Waals surface area contributed by atoms with Crippen molar-refractivity contribution < 1.29 is 68.8 Å². The maximum Gasteiger partial charge on any atom is 0.490 e. The fourth-order valence-corrected chi connectivity index (χ4v) is 6.76. The molecule has 6 heterocycles. The highest BCUT2D eigenvalue weighted by molar-refractivity contribution is 5.93. The van der Waals surface area contributed by atoms with Gasteiger partial charge < -0.3 is 24.8 Å². The molecule has 0 atom stereocenters. The second kappa shape index (κ2) is 17.4. The van der Waals surface area contributed by atoms with Crippen molar-refractivity contribution in [2.24, 2.45) is 0 Å². The van der Waals surface area contributed by atoms with Crippen molar-refractivity contribution >= 4 is 28.9 Å². The van der Waals surface area contributed by atoms with Gasteiger partial charge in [0.1, 0.15) is 29.3 Å². The Labute approximate surface area is 326 Å². The Morgan fingerprint density at radius 2 is 1.54 bits per heavy atom. The van der Waals surface area contributed by atoms with E-state index in [4.69, 9.17) is 24.5 Å². The Bertz CT molecular complexity index is 2140. The van der Waals surface area contributed by atoms with Crippen LogP contribution in [0.5, 0.6) is 5.88 Å². The number of nitrogens with one attached hydrogen (secondary N) is 1. The number of carbonyl (C=O) groups excluding carboxylic acids is 1. The molecule has 7 rings (SSSR count). The fraction of sp³-hybridized carbons (Fsp3) is 0.500. The van der Waals surface area contributed by atoms with E-state index in [1.165, 1.54) is 17.3 Å². The van der Waals surface area contributed by atoms with Crippen molar-refractivity contribution in [1.82, 2.24) is 44.5 Å². The number of amides is 1. The monoisotopic (exact) mass is 848 g/mol. The molecule has 318 valence electrons. The minimum atomic E-state index is -5.08. The van der Waals surface area contributed by atoms with E-state index in [0.717, 1.165) is 48.0 Å². The van der Waals surface area contributed by atoms with Crippen molar-refractivity contribution in [3.05, 3.63) is 48.6 Å². The number of carboxylic acids is 2. The van der Waals surface area contributed by atoms with Crippen LogP contribution < -0.4 is 4.74 Å². The minimum Gasteiger partial charge on any atom is -0.475 e. The lowest BCUT2D eigenvalue weighted by molar-refractivity contribution is -0.193. The van der Waals surface area contributed by atoms with Crippen LogP contribution in [0.15, 0.2) is 37.1 Å². The summed E-state index contributed by atoms with van der Waals surface area (Å²) in [6.07, 6.45) is -3.53. The van der Waals surface area contributed by atoms with Crippen molar-refractivity contribution in [2.45, 2.75) is 81.2 Å². The number of ether oxygens (including phenoxy) is 1. The molecule has 0 bridgehead atoms. The molecule has 3 N–H and O–H groups in total. The van der Waals surface area contributed by atoms with E-state index in [9.17, 15) is 49.6 Å². The minimum absolute atomic E-state index is 0.226. The van der Waals surface area contributed by atoms with Crippen LogP contribution in [0.25, 0.3) is 22.3 Å². The van der Waals surface area contributed by atoms with Gasteiger partial charge in [-0.3, -0.25) is 14.4 Å². The molecule has 2 saturated heterocycles. The van der Waals surface area contributed by atoms with E-state index in [1.54, 1.807) is 6.20 Å². The van der Waals surface area contributed by atoms with Crippen LogP contribution in [-0.4, -0.2) is 123 Å². The zero-order valence-electron chi connectivity index (χ0n) is 30.4. The third-order valence-electron chi connectivity index (χ3n) is 9.60. The number of aromatic amines is 1. The summed E-state index contributed by atoms with van der Waals surface area (Å²) in [5.41, 5.74) is 1.60. The molecule has 2 aliphatic heterocycles. The van der Waals surface area contributed by atoms with Crippen LogP contribution in [0.4, 0.5) is 39.5 Å². The normalized spacial score (nSPS) is 19.4. The lowest BCUT2D eigenvalue weighted by atomic mass is 9.82. The van der Waals surface area contributed by atoms with Crippen LogP contribution in [0.2, 0.25) is 0 Å². The molecule has 1 amide bonds. The molecule has 25 heteroatoms. The quantitative estimate of drug-likeness (QED) is 0.198. The molecule has 0 radical (unpaired) electrons. The number of nitriles is 1. The first-order chi connectivity index (χ1) is 27.6. The Kier molecular flexibility index (Phi) is 13.0. The first-order valence-corrected chi connectivity index (χ1v) is 17.6. The lowest BCUT2D eigenvalue weighted by Gasteiger charge is -2.53. The average Bonchev–Trinajstić information content (AvgIpc) is 3.95. The van der Waals surface area contributed by atoms with Gasteiger partial charge in [0.05, 0.1) is 24.4 Å². The molecule has 1 aliphatic carbocycles. The van der Waals surface area contributed by atoms with Gasteiger partial charge >= 0.3 is 30.5 Å². The summed E-state index contributed by atoms with van der Waals surface area (Å²) in [4.78, 5) is 53.4. The molecule has 4 aromatic heterocycles. The molecule has 4 aromatic rings. The molecular weight excluding hydrogens is 815 g/mol. The van der Waals surface area contributed by atoms with Gasteiger partial charge in [-0.15, -0.1) is 0 Å². The van der Waals surface area contributed by atoms with Crippen molar-refractivity contribution in [3.8, 4) is 23.2 Å². The number of carboxylic acid groups (broad SMARTS) is 2. The first-order valence-electron chi connectivity index (χ1n) is 17.6. The highest BCUT2D eigenvalue weighted by Gasteiger charge is 2.48. The number of H-pyrrole nitrogens is 1. The number of aromatic nitrogens is 7. The number of carbonyl (C=O) groups is 3. The summed E-state index contributed by atoms with van der Waals surface area (Å²) in [5, 5.41) is 29.4. The number of rotatable bonds is 7. The number of halogens is 9. The van der Waals surface area contributed by atoms with Gasteiger partial charge in [-0.1, -0.05) is 0 Å². The molecule has 59 heavy (non-hydrogen) atoms. The Morgan fingerprint density at radius 3 is 2.10 bits per heavy atom. The second-order valence-electron chi connectivity index (χ2n) is 13.7. The molecule has 0 unspecified atom stereocenters. The largest absolute Gasteiger partial charge is 0.490 e. The van der Waals surface area contributed by atoms with Gasteiger partial charge in [-0.2, -0.15) is 54.9 Å². The smallest absolute Gasteiger partial charge is 0.475 e. The van der Waals surface area contributed by atoms with E-state index in [0.29, 0.717) is 45.4 Å².